The molecular formula is C15H19NS. The highest BCUT2D eigenvalue weighted by molar-refractivity contribution is 7.99. The Morgan fingerprint density at radius 1 is 1.41 bits per heavy atom. The first-order valence-corrected chi connectivity index (χ1v) is 7.36. The molecule has 1 aliphatic carbocycles. The summed E-state index contributed by atoms with van der Waals surface area (Å²) in [5.74, 6) is 5.39. The van der Waals surface area contributed by atoms with E-state index >= 15 is 0 Å². The first kappa shape index (κ1) is 12.5. The maximum atomic E-state index is 5.19. The Bertz CT molecular complexity index is 390. The number of thioether (sulfide) groups is 1. The zero-order chi connectivity index (χ0) is 11.9. The SMILES string of the molecule is C#CCSCCNCc1cccc(C2CC2)c1. The zero-order valence-corrected chi connectivity index (χ0v) is 10.9. The smallest absolute Gasteiger partial charge is 0.0545 e. The Morgan fingerprint density at radius 3 is 3.06 bits per heavy atom. The number of terminal acetylenes is 1. The third-order valence-electron chi connectivity index (χ3n) is 2.94. The summed E-state index contributed by atoms with van der Waals surface area (Å²) in [4.78, 5) is 0. The molecule has 2 rings (SSSR count). The fraction of sp³-hybridized carbons (Fsp3) is 0.467. The van der Waals surface area contributed by atoms with E-state index in [9.17, 15) is 0 Å². The van der Waals surface area contributed by atoms with E-state index < -0.39 is 0 Å². The Balaban J connectivity index is 1.68. The van der Waals surface area contributed by atoms with Crippen LogP contribution in [-0.2, 0) is 6.54 Å². The second kappa shape index (κ2) is 6.74. The highest BCUT2D eigenvalue weighted by Crippen LogP contribution is 2.40. The highest BCUT2D eigenvalue weighted by Gasteiger charge is 2.23. The standard InChI is InChI=1S/C15H19NS/c1-2-9-17-10-8-16-12-13-4-3-5-15(11-13)14-6-7-14/h1,3-5,11,14,16H,6-10,12H2. The van der Waals surface area contributed by atoms with E-state index in [-0.39, 0.29) is 0 Å². The van der Waals surface area contributed by atoms with Crippen LogP contribution in [0, 0.1) is 12.3 Å². The highest BCUT2D eigenvalue weighted by atomic mass is 32.2. The van der Waals surface area contributed by atoms with Gasteiger partial charge in [0, 0.05) is 18.8 Å². The molecule has 1 fully saturated rings. The lowest BCUT2D eigenvalue weighted by Crippen LogP contribution is -2.16. The van der Waals surface area contributed by atoms with Crippen LogP contribution in [0.3, 0.4) is 0 Å². The second-order valence-electron chi connectivity index (χ2n) is 4.45. The van der Waals surface area contributed by atoms with Crippen molar-refractivity contribution in [2.75, 3.05) is 18.1 Å². The number of hydrogen-bond donors (Lipinski definition) is 1. The largest absolute Gasteiger partial charge is 0.312 e. The molecule has 0 spiro atoms. The van der Waals surface area contributed by atoms with E-state index in [1.807, 2.05) is 11.8 Å². The Morgan fingerprint density at radius 2 is 2.29 bits per heavy atom. The topological polar surface area (TPSA) is 12.0 Å². The molecular weight excluding hydrogens is 226 g/mol. The average Bonchev–Trinajstić information content (AvgIpc) is 3.18. The molecule has 0 aromatic heterocycles. The fourth-order valence-corrected chi connectivity index (χ4v) is 2.43. The van der Waals surface area contributed by atoms with Gasteiger partial charge in [0.15, 0.2) is 0 Å². The van der Waals surface area contributed by atoms with Crippen LogP contribution in [0.4, 0.5) is 0 Å². The van der Waals surface area contributed by atoms with Crippen LogP contribution in [0.25, 0.3) is 0 Å². The maximum absolute atomic E-state index is 5.19. The van der Waals surface area contributed by atoms with Crippen molar-refractivity contribution >= 4 is 11.8 Å². The molecule has 0 unspecified atom stereocenters. The minimum atomic E-state index is 0.818. The van der Waals surface area contributed by atoms with E-state index in [4.69, 9.17) is 6.42 Å². The predicted molar refractivity (Wildman–Crippen MR) is 76.3 cm³/mol. The molecule has 0 bridgehead atoms. The van der Waals surface area contributed by atoms with Gasteiger partial charge in [0.25, 0.3) is 0 Å². The van der Waals surface area contributed by atoms with Crippen molar-refractivity contribution in [2.45, 2.75) is 25.3 Å². The third-order valence-corrected chi connectivity index (χ3v) is 3.80. The van der Waals surface area contributed by atoms with Crippen molar-refractivity contribution in [3.8, 4) is 12.3 Å². The Labute approximate surface area is 108 Å². The van der Waals surface area contributed by atoms with Crippen molar-refractivity contribution in [3.05, 3.63) is 35.4 Å². The lowest BCUT2D eigenvalue weighted by Gasteiger charge is -2.06. The van der Waals surface area contributed by atoms with Gasteiger partial charge >= 0.3 is 0 Å². The van der Waals surface area contributed by atoms with Crippen molar-refractivity contribution < 1.29 is 0 Å². The summed E-state index contributed by atoms with van der Waals surface area (Å²) >= 11 is 1.81. The summed E-state index contributed by atoms with van der Waals surface area (Å²) in [5.41, 5.74) is 2.92. The molecule has 1 aromatic carbocycles. The summed E-state index contributed by atoms with van der Waals surface area (Å²) in [6.45, 7) is 2.00. The Kier molecular flexibility index (Phi) is 4.97. The molecule has 0 radical (unpaired) electrons. The molecule has 0 atom stereocenters. The van der Waals surface area contributed by atoms with Gasteiger partial charge in [-0.1, -0.05) is 30.2 Å². The van der Waals surface area contributed by atoms with Crippen molar-refractivity contribution in [1.82, 2.24) is 5.32 Å². The zero-order valence-electron chi connectivity index (χ0n) is 10.1. The molecule has 90 valence electrons. The summed E-state index contributed by atoms with van der Waals surface area (Å²) in [6.07, 6.45) is 7.94. The van der Waals surface area contributed by atoms with Gasteiger partial charge in [0.1, 0.15) is 0 Å². The average molecular weight is 245 g/mol. The van der Waals surface area contributed by atoms with Gasteiger partial charge in [0.05, 0.1) is 5.75 Å². The number of rotatable bonds is 7. The molecule has 17 heavy (non-hydrogen) atoms. The number of nitrogens with one attached hydrogen (secondary N) is 1. The number of benzene rings is 1. The van der Waals surface area contributed by atoms with Gasteiger partial charge in [-0.15, -0.1) is 18.2 Å². The minimum absolute atomic E-state index is 0.818. The van der Waals surface area contributed by atoms with Gasteiger partial charge in [-0.25, -0.2) is 0 Å². The first-order chi connectivity index (χ1) is 8.40. The van der Waals surface area contributed by atoms with E-state index in [0.717, 1.165) is 30.5 Å². The third kappa shape index (κ3) is 4.46. The fourth-order valence-electron chi connectivity index (χ4n) is 1.88. The first-order valence-electron chi connectivity index (χ1n) is 6.21. The summed E-state index contributed by atoms with van der Waals surface area (Å²) in [7, 11) is 0. The molecule has 1 aromatic rings. The molecule has 0 heterocycles. The van der Waals surface area contributed by atoms with Crippen LogP contribution in [0.15, 0.2) is 24.3 Å². The van der Waals surface area contributed by atoms with Crippen LogP contribution in [0.1, 0.15) is 29.9 Å². The van der Waals surface area contributed by atoms with Crippen LogP contribution < -0.4 is 5.32 Å². The Hall–Kier alpha value is -0.910. The normalized spacial score (nSPS) is 14.5. The van der Waals surface area contributed by atoms with Gasteiger partial charge in [-0.05, 0) is 29.9 Å². The quantitative estimate of drug-likeness (QED) is 0.585. The van der Waals surface area contributed by atoms with E-state index in [0.29, 0.717) is 0 Å². The van der Waals surface area contributed by atoms with Crippen LogP contribution >= 0.6 is 11.8 Å². The summed E-state index contributed by atoms with van der Waals surface area (Å²) in [6, 6.07) is 8.98. The van der Waals surface area contributed by atoms with E-state index in [2.05, 4.69) is 35.5 Å². The van der Waals surface area contributed by atoms with Crippen LogP contribution in [0.5, 0.6) is 0 Å². The van der Waals surface area contributed by atoms with Gasteiger partial charge < -0.3 is 5.32 Å². The molecule has 1 aliphatic rings. The second-order valence-corrected chi connectivity index (χ2v) is 5.56. The summed E-state index contributed by atoms with van der Waals surface area (Å²) < 4.78 is 0. The van der Waals surface area contributed by atoms with Gasteiger partial charge in [0.2, 0.25) is 0 Å². The lowest BCUT2D eigenvalue weighted by molar-refractivity contribution is 0.731. The van der Waals surface area contributed by atoms with Crippen LogP contribution in [-0.4, -0.2) is 18.1 Å². The molecule has 1 nitrogen and oxygen atoms in total. The van der Waals surface area contributed by atoms with Gasteiger partial charge in [-0.2, -0.15) is 0 Å². The lowest BCUT2D eigenvalue weighted by atomic mass is 10.1. The van der Waals surface area contributed by atoms with Crippen molar-refractivity contribution in [1.29, 1.82) is 0 Å². The molecule has 0 aliphatic heterocycles. The monoisotopic (exact) mass is 245 g/mol. The predicted octanol–water partition coefficient (Wildman–Crippen LogP) is 3.02. The van der Waals surface area contributed by atoms with Crippen LogP contribution in [0.2, 0.25) is 0 Å². The molecule has 1 N–H and O–H groups in total. The van der Waals surface area contributed by atoms with E-state index in [1.165, 1.54) is 24.0 Å². The molecule has 0 saturated heterocycles. The van der Waals surface area contributed by atoms with Gasteiger partial charge in [-0.3, -0.25) is 0 Å². The van der Waals surface area contributed by atoms with Crippen molar-refractivity contribution in [3.63, 3.8) is 0 Å². The molecule has 1 saturated carbocycles. The number of hydrogen-bond acceptors (Lipinski definition) is 2. The molecule has 0 amide bonds. The summed E-state index contributed by atoms with van der Waals surface area (Å²) in [5, 5.41) is 3.46. The maximum Gasteiger partial charge on any atom is 0.0545 e. The minimum Gasteiger partial charge on any atom is -0.312 e. The van der Waals surface area contributed by atoms with E-state index in [1.54, 1.807) is 0 Å². The van der Waals surface area contributed by atoms with Crippen molar-refractivity contribution in [2.24, 2.45) is 0 Å². The molecule has 2 heteroatoms.